The van der Waals surface area contributed by atoms with E-state index in [1.165, 1.54) is 22.3 Å². The van der Waals surface area contributed by atoms with Crippen molar-refractivity contribution in [3.05, 3.63) is 151 Å². The van der Waals surface area contributed by atoms with Gasteiger partial charge in [-0.05, 0) is 69.0 Å². The standard InChI is InChI=1S/C40H49N4O2/c1-33(42(28-34-16-8-4-9-17-34)29-35-18-10-5-11-19-35)32-46-39(45)44(38-24-26-41-27-25-38)40(2,3)43(30-36-20-12-6-13-21-36)31-37-22-14-7-15-23-37/h4-23,33,38,41H,2,24-32H2,1,3H3/t33-,40-/m0/s1. The summed E-state index contributed by atoms with van der Waals surface area (Å²) in [6.45, 7) is 13.8. The molecule has 0 spiro atoms. The SMILES string of the molecule is [CH2][C@](C)(N(Cc1ccccc1)Cc1ccccc1)N(C(=O)OC[C@H](C)N(Cc1ccccc1)Cc1ccccc1)C1CCNCC1. The van der Waals surface area contributed by atoms with E-state index in [-0.39, 0.29) is 24.8 Å². The molecule has 2 atom stereocenters. The predicted molar refractivity (Wildman–Crippen MR) is 187 cm³/mol. The molecule has 4 aromatic carbocycles. The van der Waals surface area contributed by atoms with Gasteiger partial charge in [0.25, 0.3) is 0 Å². The lowest BCUT2D eigenvalue weighted by molar-refractivity contribution is -0.0520. The number of nitrogens with zero attached hydrogens (tertiary/aromatic N) is 3. The summed E-state index contributed by atoms with van der Waals surface area (Å²) < 4.78 is 6.27. The molecule has 0 aromatic heterocycles. The molecule has 6 heteroatoms. The molecule has 1 aliphatic heterocycles. The van der Waals surface area contributed by atoms with Crippen LogP contribution in [0, 0.1) is 6.92 Å². The molecule has 4 aromatic rings. The molecule has 1 fully saturated rings. The maximum absolute atomic E-state index is 14.3. The highest BCUT2D eigenvalue weighted by atomic mass is 16.6. The second-order valence-electron chi connectivity index (χ2n) is 12.7. The van der Waals surface area contributed by atoms with Gasteiger partial charge in [-0.25, -0.2) is 4.79 Å². The number of piperidine rings is 1. The summed E-state index contributed by atoms with van der Waals surface area (Å²) in [5.41, 5.74) is 3.96. The van der Waals surface area contributed by atoms with Crippen LogP contribution in [0.5, 0.6) is 0 Å². The molecular weight excluding hydrogens is 568 g/mol. The van der Waals surface area contributed by atoms with E-state index < -0.39 is 5.66 Å². The van der Waals surface area contributed by atoms with Gasteiger partial charge in [0.15, 0.2) is 0 Å². The number of carbonyl (C=O) groups is 1. The zero-order valence-corrected chi connectivity index (χ0v) is 27.4. The van der Waals surface area contributed by atoms with E-state index >= 15 is 0 Å². The van der Waals surface area contributed by atoms with E-state index in [0.717, 1.165) is 39.0 Å². The lowest BCUT2D eigenvalue weighted by atomic mass is 9.99. The first-order chi connectivity index (χ1) is 22.4. The van der Waals surface area contributed by atoms with Crippen molar-refractivity contribution in [1.82, 2.24) is 20.0 Å². The number of benzene rings is 4. The average molecular weight is 618 g/mol. The van der Waals surface area contributed by atoms with Crippen molar-refractivity contribution in [3.8, 4) is 0 Å². The van der Waals surface area contributed by atoms with Gasteiger partial charge >= 0.3 is 6.09 Å². The third-order valence-electron chi connectivity index (χ3n) is 9.03. The molecule has 1 saturated heterocycles. The number of amides is 1. The van der Waals surface area contributed by atoms with Crippen LogP contribution in [0.1, 0.15) is 48.9 Å². The van der Waals surface area contributed by atoms with E-state index in [4.69, 9.17) is 11.7 Å². The Morgan fingerprint density at radius 3 is 1.54 bits per heavy atom. The fourth-order valence-corrected chi connectivity index (χ4v) is 6.33. The van der Waals surface area contributed by atoms with Crippen molar-refractivity contribution in [2.45, 2.75) is 70.6 Å². The normalized spacial score (nSPS) is 14.7. The van der Waals surface area contributed by atoms with Crippen molar-refractivity contribution >= 4 is 6.09 Å². The van der Waals surface area contributed by atoms with Gasteiger partial charge in [0.1, 0.15) is 6.61 Å². The number of ether oxygens (including phenoxy) is 1. The predicted octanol–water partition coefficient (Wildman–Crippen LogP) is 7.52. The topological polar surface area (TPSA) is 48.1 Å². The maximum atomic E-state index is 14.3. The molecule has 0 bridgehead atoms. The van der Waals surface area contributed by atoms with Crippen molar-refractivity contribution < 1.29 is 9.53 Å². The quantitative estimate of drug-likeness (QED) is 0.148. The Labute approximate surface area is 276 Å². The van der Waals surface area contributed by atoms with Crippen LogP contribution in [0.4, 0.5) is 4.79 Å². The van der Waals surface area contributed by atoms with Gasteiger partial charge in [-0.2, -0.15) is 0 Å². The van der Waals surface area contributed by atoms with Crippen LogP contribution in [-0.2, 0) is 30.9 Å². The average Bonchev–Trinajstić information content (AvgIpc) is 3.09. The molecule has 1 heterocycles. The molecule has 6 nitrogen and oxygen atoms in total. The number of rotatable bonds is 14. The summed E-state index contributed by atoms with van der Waals surface area (Å²) >= 11 is 0. The van der Waals surface area contributed by atoms with Crippen LogP contribution < -0.4 is 5.32 Å². The fraction of sp³-hybridized carbons (Fsp3) is 0.350. The number of hydrogen-bond donors (Lipinski definition) is 1. The largest absolute Gasteiger partial charge is 0.448 e. The molecule has 1 aliphatic rings. The van der Waals surface area contributed by atoms with E-state index in [1.807, 2.05) is 29.2 Å². The Morgan fingerprint density at radius 1 is 0.739 bits per heavy atom. The number of hydrogen-bond acceptors (Lipinski definition) is 5. The van der Waals surface area contributed by atoms with Crippen LogP contribution in [0.3, 0.4) is 0 Å². The van der Waals surface area contributed by atoms with Gasteiger partial charge in [-0.3, -0.25) is 14.7 Å². The van der Waals surface area contributed by atoms with E-state index in [1.54, 1.807) is 0 Å². The Bertz CT molecular complexity index is 1360. The summed E-state index contributed by atoms with van der Waals surface area (Å²) in [5.74, 6) is 0. The fourth-order valence-electron chi connectivity index (χ4n) is 6.33. The molecule has 1 N–H and O–H groups in total. The Kier molecular flexibility index (Phi) is 12.0. The molecule has 0 unspecified atom stereocenters. The third kappa shape index (κ3) is 9.29. The van der Waals surface area contributed by atoms with Crippen molar-refractivity contribution in [1.29, 1.82) is 0 Å². The van der Waals surface area contributed by atoms with Crippen molar-refractivity contribution in [3.63, 3.8) is 0 Å². The zero-order valence-electron chi connectivity index (χ0n) is 27.4. The first kappa shape index (κ1) is 33.4. The third-order valence-corrected chi connectivity index (χ3v) is 9.03. The molecular formula is C40H49N4O2. The number of carbonyl (C=O) groups excluding carboxylic acids is 1. The van der Waals surface area contributed by atoms with Crippen LogP contribution in [-0.4, -0.2) is 58.2 Å². The second kappa shape index (κ2) is 16.5. The first-order valence-electron chi connectivity index (χ1n) is 16.6. The Balaban J connectivity index is 1.37. The second-order valence-corrected chi connectivity index (χ2v) is 12.7. The van der Waals surface area contributed by atoms with Gasteiger partial charge in [0.2, 0.25) is 0 Å². The van der Waals surface area contributed by atoms with E-state index in [0.29, 0.717) is 13.1 Å². The maximum Gasteiger partial charge on any atom is 0.411 e. The van der Waals surface area contributed by atoms with Gasteiger partial charge in [0.05, 0.1) is 5.66 Å². The minimum absolute atomic E-state index is 0.0000433. The zero-order chi connectivity index (χ0) is 32.2. The Morgan fingerprint density at radius 2 is 1.13 bits per heavy atom. The minimum atomic E-state index is -0.859. The lowest BCUT2D eigenvalue weighted by Gasteiger charge is -2.50. The summed E-state index contributed by atoms with van der Waals surface area (Å²) in [6, 6.07) is 41.9. The van der Waals surface area contributed by atoms with E-state index in [9.17, 15) is 4.79 Å². The highest BCUT2D eigenvalue weighted by molar-refractivity contribution is 5.69. The smallest absolute Gasteiger partial charge is 0.411 e. The summed E-state index contributed by atoms with van der Waals surface area (Å²) in [6.07, 6.45) is 1.41. The minimum Gasteiger partial charge on any atom is -0.448 e. The summed E-state index contributed by atoms with van der Waals surface area (Å²) in [4.78, 5) is 21.0. The lowest BCUT2D eigenvalue weighted by Crippen LogP contribution is -2.63. The highest BCUT2D eigenvalue weighted by Crippen LogP contribution is 2.30. The molecule has 1 amide bonds. The number of nitrogens with one attached hydrogen (secondary N) is 1. The van der Waals surface area contributed by atoms with E-state index in [2.05, 4.69) is 126 Å². The van der Waals surface area contributed by atoms with Crippen LogP contribution in [0.25, 0.3) is 0 Å². The van der Waals surface area contributed by atoms with Crippen LogP contribution in [0.2, 0.25) is 0 Å². The molecule has 1 radical (unpaired) electrons. The van der Waals surface area contributed by atoms with Crippen LogP contribution in [0.15, 0.2) is 121 Å². The molecule has 0 aliphatic carbocycles. The van der Waals surface area contributed by atoms with Gasteiger partial charge < -0.3 is 10.1 Å². The monoisotopic (exact) mass is 617 g/mol. The Hall–Kier alpha value is -3.97. The van der Waals surface area contributed by atoms with Crippen LogP contribution >= 0.6 is 0 Å². The highest BCUT2D eigenvalue weighted by Gasteiger charge is 2.42. The van der Waals surface area contributed by atoms with Gasteiger partial charge in [-0.1, -0.05) is 121 Å². The molecule has 241 valence electrons. The molecule has 0 saturated carbocycles. The molecule has 5 rings (SSSR count). The van der Waals surface area contributed by atoms with Crippen molar-refractivity contribution in [2.24, 2.45) is 0 Å². The summed E-state index contributed by atoms with van der Waals surface area (Å²) in [7, 11) is 0. The molecule has 46 heavy (non-hydrogen) atoms. The summed E-state index contributed by atoms with van der Waals surface area (Å²) in [5, 5.41) is 3.46. The first-order valence-corrected chi connectivity index (χ1v) is 16.6. The van der Waals surface area contributed by atoms with Gasteiger partial charge in [-0.15, -0.1) is 0 Å². The van der Waals surface area contributed by atoms with Gasteiger partial charge in [0, 0.05) is 38.3 Å². The van der Waals surface area contributed by atoms with Crippen molar-refractivity contribution in [2.75, 3.05) is 19.7 Å².